The van der Waals surface area contributed by atoms with Crippen LogP contribution in [0, 0.1) is 5.41 Å². The zero-order valence-electron chi connectivity index (χ0n) is 12.9. The summed E-state index contributed by atoms with van der Waals surface area (Å²) in [5.74, 6) is -1.53. The summed E-state index contributed by atoms with van der Waals surface area (Å²) in [4.78, 5) is 24.5. The summed E-state index contributed by atoms with van der Waals surface area (Å²) in [5, 5.41) is 11.7. The van der Waals surface area contributed by atoms with Crippen LogP contribution in [0.3, 0.4) is 0 Å². The Balaban J connectivity index is 2.82. The number of sulfone groups is 1. The maximum atomic E-state index is 12.3. The second-order valence-corrected chi connectivity index (χ2v) is 8.83. The fraction of sp³-hybridized carbons (Fsp3) is 0.846. The zero-order valence-corrected chi connectivity index (χ0v) is 13.7. The molecule has 2 amide bonds. The van der Waals surface area contributed by atoms with Gasteiger partial charge in [-0.25, -0.2) is 13.2 Å². The molecule has 1 saturated heterocycles. The van der Waals surface area contributed by atoms with Gasteiger partial charge in [-0.2, -0.15) is 0 Å². The molecule has 2 N–H and O–H groups in total. The number of nitrogens with one attached hydrogen (secondary N) is 1. The van der Waals surface area contributed by atoms with Gasteiger partial charge in [-0.3, -0.25) is 4.79 Å². The van der Waals surface area contributed by atoms with E-state index in [0.29, 0.717) is 0 Å². The molecule has 0 radical (unpaired) electrons. The van der Waals surface area contributed by atoms with Crippen LogP contribution in [0.1, 0.15) is 34.1 Å². The minimum Gasteiger partial charge on any atom is -0.481 e. The van der Waals surface area contributed by atoms with Crippen LogP contribution in [0.25, 0.3) is 0 Å². The van der Waals surface area contributed by atoms with Crippen molar-refractivity contribution >= 4 is 21.8 Å². The van der Waals surface area contributed by atoms with Gasteiger partial charge < -0.3 is 15.3 Å². The Labute approximate surface area is 125 Å². The first-order valence-electron chi connectivity index (χ1n) is 6.92. The van der Waals surface area contributed by atoms with Crippen molar-refractivity contribution in [1.82, 2.24) is 10.2 Å². The molecule has 8 heteroatoms. The summed E-state index contributed by atoms with van der Waals surface area (Å²) in [6, 6.07) is -1.33. The topological polar surface area (TPSA) is 104 Å². The van der Waals surface area contributed by atoms with Crippen molar-refractivity contribution < 1.29 is 23.1 Å². The standard InChI is InChI=1S/C13H24N2O5S/c1-9(13(2,3)4)14-12(18)15-5-6-21(19,20)8-10(15)7-11(16)17/h9-10H,5-8H2,1-4H3,(H,14,18)(H,16,17). The zero-order chi connectivity index (χ0) is 16.4. The van der Waals surface area contributed by atoms with E-state index in [4.69, 9.17) is 5.11 Å². The molecule has 122 valence electrons. The number of aliphatic carboxylic acids is 1. The van der Waals surface area contributed by atoms with Gasteiger partial charge in [0.1, 0.15) is 0 Å². The van der Waals surface area contributed by atoms with Crippen LogP contribution in [-0.4, -0.2) is 60.6 Å². The predicted octanol–water partition coefficient (Wildman–Crippen LogP) is 0.704. The van der Waals surface area contributed by atoms with Crippen molar-refractivity contribution in [3.8, 4) is 0 Å². The lowest BCUT2D eigenvalue weighted by molar-refractivity contribution is -0.138. The first-order valence-corrected chi connectivity index (χ1v) is 8.74. The van der Waals surface area contributed by atoms with Crippen LogP contribution in [0.5, 0.6) is 0 Å². The minimum atomic E-state index is -3.29. The van der Waals surface area contributed by atoms with Crippen LogP contribution in [-0.2, 0) is 14.6 Å². The molecule has 0 aromatic rings. The van der Waals surface area contributed by atoms with Crippen LogP contribution in [0.15, 0.2) is 0 Å². The van der Waals surface area contributed by atoms with Crippen molar-refractivity contribution in [1.29, 1.82) is 0 Å². The monoisotopic (exact) mass is 320 g/mol. The van der Waals surface area contributed by atoms with Gasteiger partial charge in [-0.15, -0.1) is 0 Å². The Bertz CT molecular complexity index is 509. The molecular formula is C13H24N2O5S. The molecule has 0 spiro atoms. The average Bonchev–Trinajstić information content (AvgIpc) is 2.25. The van der Waals surface area contributed by atoms with Gasteiger partial charge in [-0.1, -0.05) is 20.8 Å². The number of carboxylic acid groups (broad SMARTS) is 1. The highest BCUT2D eigenvalue weighted by Gasteiger charge is 2.36. The van der Waals surface area contributed by atoms with Gasteiger partial charge in [0.05, 0.1) is 24.0 Å². The third-order valence-electron chi connectivity index (χ3n) is 3.84. The summed E-state index contributed by atoms with van der Waals surface area (Å²) in [6.07, 6.45) is -0.365. The SMILES string of the molecule is CC(NC(=O)N1CCS(=O)(=O)CC1CC(=O)O)C(C)(C)C. The normalized spacial score (nSPS) is 23.4. The van der Waals surface area contributed by atoms with Crippen molar-refractivity contribution in [2.24, 2.45) is 5.41 Å². The molecule has 7 nitrogen and oxygen atoms in total. The minimum absolute atomic E-state index is 0.0307. The fourth-order valence-corrected chi connectivity index (χ4v) is 3.53. The van der Waals surface area contributed by atoms with Gasteiger partial charge in [0.25, 0.3) is 0 Å². The molecule has 1 aliphatic heterocycles. The molecule has 0 saturated carbocycles. The average molecular weight is 320 g/mol. The number of hydrogen-bond donors (Lipinski definition) is 2. The summed E-state index contributed by atoms with van der Waals surface area (Å²) < 4.78 is 23.3. The third-order valence-corrected chi connectivity index (χ3v) is 5.54. The maximum Gasteiger partial charge on any atom is 0.317 e. The number of carboxylic acids is 1. The summed E-state index contributed by atoms with van der Waals surface area (Å²) >= 11 is 0. The Hall–Kier alpha value is -1.31. The van der Waals surface area contributed by atoms with Gasteiger partial charge in [-0.05, 0) is 12.3 Å². The second kappa shape index (κ2) is 6.21. The molecule has 1 rings (SSSR count). The number of carbonyl (C=O) groups excluding carboxylic acids is 1. The Kier molecular flexibility index (Phi) is 5.25. The van der Waals surface area contributed by atoms with E-state index >= 15 is 0 Å². The molecule has 1 heterocycles. The Morgan fingerprint density at radius 3 is 2.43 bits per heavy atom. The largest absolute Gasteiger partial charge is 0.481 e. The lowest BCUT2D eigenvalue weighted by Gasteiger charge is -2.37. The second-order valence-electron chi connectivity index (χ2n) is 6.60. The van der Waals surface area contributed by atoms with Gasteiger partial charge >= 0.3 is 12.0 Å². The first kappa shape index (κ1) is 17.7. The van der Waals surface area contributed by atoms with E-state index in [2.05, 4.69) is 5.32 Å². The smallest absolute Gasteiger partial charge is 0.317 e. The number of urea groups is 1. The highest BCUT2D eigenvalue weighted by Crippen LogP contribution is 2.20. The first-order chi connectivity index (χ1) is 9.42. The number of nitrogens with zero attached hydrogens (tertiary/aromatic N) is 1. The molecule has 21 heavy (non-hydrogen) atoms. The fourth-order valence-electron chi connectivity index (χ4n) is 2.01. The van der Waals surface area contributed by atoms with Gasteiger partial charge in [0.15, 0.2) is 9.84 Å². The van der Waals surface area contributed by atoms with Crippen LogP contribution < -0.4 is 5.32 Å². The maximum absolute atomic E-state index is 12.3. The molecule has 1 fully saturated rings. The molecule has 2 atom stereocenters. The predicted molar refractivity (Wildman–Crippen MR) is 78.8 cm³/mol. The van der Waals surface area contributed by atoms with E-state index in [9.17, 15) is 18.0 Å². The molecule has 0 aromatic carbocycles. The summed E-state index contributed by atoms with van der Waals surface area (Å²) in [5.41, 5.74) is -0.139. The number of carbonyl (C=O) groups is 2. The van der Waals surface area contributed by atoms with E-state index in [1.54, 1.807) is 0 Å². The van der Waals surface area contributed by atoms with E-state index in [0.717, 1.165) is 0 Å². The van der Waals surface area contributed by atoms with Crippen LogP contribution >= 0.6 is 0 Å². The quantitative estimate of drug-likeness (QED) is 0.797. The van der Waals surface area contributed by atoms with Crippen LogP contribution in [0.4, 0.5) is 4.79 Å². The van der Waals surface area contributed by atoms with Gasteiger partial charge in [0.2, 0.25) is 0 Å². The molecule has 0 aromatic heterocycles. The van der Waals surface area contributed by atoms with E-state index in [1.807, 2.05) is 27.7 Å². The van der Waals surface area contributed by atoms with Crippen molar-refractivity contribution in [2.75, 3.05) is 18.1 Å². The molecular weight excluding hydrogens is 296 g/mol. The molecule has 0 aliphatic carbocycles. The molecule has 0 bridgehead atoms. The van der Waals surface area contributed by atoms with Crippen LogP contribution in [0.2, 0.25) is 0 Å². The molecule has 2 unspecified atom stereocenters. The number of rotatable bonds is 3. The van der Waals surface area contributed by atoms with Crippen molar-refractivity contribution in [3.05, 3.63) is 0 Å². The van der Waals surface area contributed by atoms with Gasteiger partial charge in [0, 0.05) is 12.6 Å². The Morgan fingerprint density at radius 1 is 1.38 bits per heavy atom. The van der Waals surface area contributed by atoms with Crippen molar-refractivity contribution in [3.63, 3.8) is 0 Å². The van der Waals surface area contributed by atoms with Crippen molar-refractivity contribution in [2.45, 2.75) is 46.2 Å². The lowest BCUT2D eigenvalue weighted by Crippen LogP contribution is -2.57. The number of hydrogen-bond acceptors (Lipinski definition) is 4. The summed E-state index contributed by atoms with van der Waals surface area (Å²) in [7, 11) is -3.29. The summed E-state index contributed by atoms with van der Waals surface area (Å²) in [6.45, 7) is 7.84. The van der Waals surface area contributed by atoms with E-state index in [1.165, 1.54) is 4.90 Å². The lowest BCUT2D eigenvalue weighted by atomic mass is 9.88. The van der Waals surface area contributed by atoms with E-state index in [-0.39, 0.29) is 35.9 Å². The van der Waals surface area contributed by atoms with E-state index < -0.39 is 27.9 Å². The Morgan fingerprint density at radius 2 is 1.95 bits per heavy atom. The highest BCUT2D eigenvalue weighted by molar-refractivity contribution is 7.91. The number of amides is 2. The molecule has 1 aliphatic rings. The third kappa shape index (κ3) is 5.18. The highest BCUT2D eigenvalue weighted by atomic mass is 32.2.